The molecule has 0 unspecified atom stereocenters. The Labute approximate surface area is 98.2 Å². The molecule has 0 fully saturated rings. The predicted molar refractivity (Wildman–Crippen MR) is 61.3 cm³/mol. The number of nitriles is 1. The topological polar surface area (TPSA) is 59.3 Å². The fraction of sp³-hybridized carbons (Fsp3) is 0.273. The summed E-state index contributed by atoms with van der Waals surface area (Å²) in [5, 5.41) is 8.60. The number of Topliss-reactive ketones (excluding diaryl/α,β-unsaturated/α-hetero) is 1. The lowest BCUT2D eigenvalue weighted by atomic mass is 10.1. The first kappa shape index (κ1) is 12.4. The molecule has 0 aliphatic rings. The van der Waals surface area contributed by atoms with Gasteiger partial charge >= 0.3 is 0 Å². The van der Waals surface area contributed by atoms with E-state index in [-0.39, 0.29) is 5.56 Å². The Morgan fingerprint density at radius 3 is 2.38 bits per heavy atom. The van der Waals surface area contributed by atoms with Gasteiger partial charge in [0.1, 0.15) is 17.6 Å². The molecule has 1 aromatic carbocycles. The molecule has 0 spiro atoms. The molecule has 5 heteroatoms. The summed E-state index contributed by atoms with van der Waals surface area (Å²) in [5.41, 5.74) is 0.222. The van der Waals surface area contributed by atoms with Gasteiger partial charge in [-0.1, -0.05) is 0 Å². The van der Waals surface area contributed by atoms with Crippen LogP contribution in [-0.4, -0.2) is 26.3 Å². The van der Waals surface area contributed by atoms with Gasteiger partial charge < -0.3 is 9.47 Å². The third kappa shape index (κ3) is 2.28. The van der Waals surface area contributed by atoms with E-state index in [4.69, 9.17) is 14.7 Å². The molecule has 0 atom stereocenters. The van der Waals surface area contributed by atoms with Gasteiger partial charge in [-0.05, 0) is 18.4 Å². The number of carbonyl (C=O) groups excluding carboxylic acids is 1. The molecule has 84 valence electrons. The standard InChI is InChI=1S/C11H11NO3S/c1-14-9-5-11(16-3)10(15-2)4-7(9)8(13)6-12/h4-5H,1-3H3. The van der Waals surface area contributed by atoms with Crippen molar-refractivity contribution in [3.05, 3.63) is 17.7 Å². The average Bonchev–Trinajstić information content (AvgIpc) is 2.35. The number of hydrogen-bond donors (Lipinski definition) is 0. The number of carbonyl (C=O) groups is 1. The Hall–Kier alpha value is -1.67. The summed E-state index contributed by atoms with van der Waals surface area (Å²) < 4.78 is 10.2. The summed E-state index contributed by atoms with van der Waals surface area (Å²) in [6.07, 6.45) is 1.89. The van der Waals surface area contributed by atoms with E-state index in [1.165, 1.54) is 32.0 Å². The van der Waals surface area contributed by atoms with Crippen LogP contribution in [0.5, 0.6) is 11.5 Å². The molecule has 0 amide bonds. The second-order valence-corrected chi connectivity index (χ2v) is 3.70. The zero-order chi connectivity index (χ0) is 12.1. The molecule has 0 saturated carbocycles. The first-order chi connectivity index (χ1) is 7.67. The normalized spacial score (nSPS) is 9.38. The molecular weight excluding hydrogens is 226 g/mol. The average molecular weight is 237 g/mol. The highest BCUT2D eigenvalue weighted by Crippen LogP contribution is 2.34. The highest BCUT2D eigenvalue weighted by molar-refractivity contribution is 7.98. The van der Waals surface area contributed by atoms with E-state index in [1.54, 1.807) is 12.1 Å². The van der Waals surface area contributed by atoms with Crippen LogP contribution >= 0.6 is 11.8 Å². The van der Waals surface area contributed by atoms with Gasteiger partial charge in [0.15, 0.2) is 0 Å². The van der Waals surface area contributed by atoms with Crippen molar-refractivity contribution >= 4 is 17.5 Å². The van der Waals surface area contributed by atoms with Gasteiger partial charge in [0.2, 0.25) is 0 Å². The van der Waals surface area contributed by atoms with Crippen molar-refractivity contribution in [1.29, 1.82) is 5.26 Å². The molecule has 1 rings (SSSR count). The highest BCUT2D eigenvalue weighted by atomic mass is 32.2. The van der Waals surface area contributed by atoms with E-state index in [9.17, 15) is 4.79 Å². The van der Waals surface area contributed by atoms with Crippen molar-refractivity contribution in [2.75, 3.05) is 20.5 Å². The van der Waals surface area contributed by atoms with Gasteiger partial charge in [-0.2, -0.15) is 5.26 Å². The van der Waals surface area contributed by atoms with Gasteiger partial charge in [0.05, 0.1) is 24.7 Å². The van der Waals surface area contributed by atoms with Gasteiger partial charge in [0, 0.05) is 0 Å². The molecular formula is C11H11NO3S. The number of methoxy groups -OCH3 is 2. The Morgan fingerprint density at radius 1 is 1.31 bits per heavy atom. The van der Waals surface area contributed by atoms with Crippen LogP contribution in [0.4, 0.5) is 0 Å². The molecule has 4 nitrogen and oxygen atoms in total. The molecule has 0 N–H and O–H groups in total. The molecule has 0 aromatic heterocycles. The molecule has 0 aliphatic heterocycles. The van der Waals surface area contributed by atoms with Crippen molar-refractivity contribution < 1.29 is 14.3 Å². The summed E-state index contributed by atoms with van der Waals surface area (Å²) in [6, 6.07) is 4.78. The fourth-order valence-electron chi connectivity index (χ4n) is 1.27. The van der Waals surface area contributed by atoms with E-state index in [0.29, 0.717) is 11.5 Å². The summed E-state index contributed by atoms with van der Waals surface area (Å²) >= 11 is 1.48. The second kappa shape index (κ2) is 5.42. The first-order valence-electron chi connectivity index (χ1n) is 4.42. The van der Waals surface area contributed by atoms with E-state index < -0.39 is 5.78 Å². The van der Waals surface area contributed by atoms with Crippen LogP contribution in [0.15, 0.2) is 17.0 Å². The maximum Gasteiger partial charge on any atom is 0.266 e. The number of thioether (sulfide) groups is 1. The van der Waals surface area contributed by atoms with Crippen molar-refractivity contribution in [3.63, 3.8) is 0 Å². The largest absolute Gasteiger partial charge is 0.496 e. The maximum atomic E-state index is 11.4. The summed E-state index contributed by atoms with van der Waals surface area (Å²) in [7, 11) is 2.97. The molecule has 16 heavy (non-hydrogen) atoms. The number of rotatable bonds is 4. The minimum Gasteiger partial charge on any atom is -0.496 e. The number of benzene rings is 1. The van der Waals surface area contributed by atoms with Crippen molar-refractivity contribution in [1.82, 2.24) is 0 Å². The van der Waals surface area contributed by atoms with Crippen LogP contribution in [0.3, 0.4) is 0 Å². The summed E-state index contributed by atoms with van der Waals surface area (Å²) in [6.45, 7) is 0. The zero-order valence-corrected chi connectivity index (χ0v) is 10.1. The van der Waals surface area contributed by atoms with Crippen molar-refractivity contribution in [2.45, 2.75) is 4.90 Å². The fourth-order valence-corrected chi connectivity index (χ4v) is 1.84. The van der Waals surface area contributed by atoms with Crippen LogP contribution in [0.25, 0.3) is 0 Å². The predicted octanol–water partition coefficient (Wildman–Crippen LogP) is 2.13. The number of ether oxygens (including phenoxy) is 2. The minimum atomic E-state index is -0.636. The molecule has 0 radical (unpaired) electrons. The SMILES string of the molecule is COc1cc(C(=O)C#N)c(OC)cc1SC. The van der Waals surface area contributed by atoms with Gasteiger partial charge in [-0.3, -0.25) is 4.79 Å². The van der Waals surface area contributed by atoms with Crippen molar-refractivity contribution in [3.8, 4) is 17.6 Å². The third-order valence-corrected chi connectivity index (χ3v) is 2.81. The molecule has 0 saturated heterocycles. The van der Waals surface area contributed by atoms with Crippen LogP contribution in [0, 0.1) is 11.3 Å². The first-order valence-corrected chi connectivity index (χ1v) is 5.64. The molecule has 0 aliphatic carbocycles. The lowest BCUT2D eigenvalue weighted by Gasteiger charge is -2.11. The van der Waals surface area contributed by atoms with Crippen LogP contribution in [0.1, 0.15) is 10.4 Å². The summed E-state index contributed by atoms with van der Waals surface area (Å²) in [5.74, 6) is 0.311. The van der Waals surface area contributed by atoms with E-state index in [0.717, 1.165) is 4.90 Å². The number of hydrogen-bond acceptors (Lipinski definition) is 5. The molecule has 0 bridgehead atoms. The minimum absolute atomic E-state index is 0.222. The Bertz CT molecular complexity index is 451. The zero-order valence-electron chi connectivity index (χ0n) is 9.23. The van der Waals surface area contributed by atoms with Crippen molar-refractivity contribution in [2.24, 2.45) is 0 Å². The third-order valence-electron chi connectivity index (χ3n) is 2.05. The summed E-state index contributed by atoms with van der Waals surface area (Å²) in [4.78, 5) is 12.2. The van der Waals surface area contributed by atoms with Gasteiger partial charge in [-0.15, -0.1) is 11.8 Å². The van der Waals surface area contributed by atoms with Crippen LogP contribution < -0.4 is 9.47 Å². The van der Waals surface area contributed by atoms with Crippen LogP contribution in [-0.2, 0) is 0 Å². The van der Waals surface area contributed by atoms with Gasteiger partial charge in [0.25, 0.3) is 5.78 Å². The lowest BCUT2D eigenvalue weighted by molar-refractivity contribution is 0.105. The Kier molecular flexibility index (Phi) is 4.20. The van der Waals surface area contributed by atoms with Crippen LogP contribution in [0.2, 0.25) is 0 Å². The Morgan fingerprint density at radius 2 is 1.94 bits per heavy atom. The lowest BCUT2D eigenvalue weighted by Crippen LogP contribution is -2.01. The van der Waals surface area contributed by atoms with Gasteiger partial charge in [-0.25, -0.2) is 0 Å². The second-order valence-electron chi connectivity index (χ2n) is 2.85. The Balaban J connectivity index is 3.38. The molecule has 0 heterocycles. The van der Waals surface area contributed by atoms with E-state index in [2.05, 4.69) is 0 Å². The van der Waals surface area contributed by atoms with E-state index in [1.807, 2.05) is 6.26 Å². The quantitative estimate of drug-likeness (QED) is 0.456. The number of nitrogens with zero attached hydrogens (tertiary/aromatic N) is 1. The smallest absolute Gasteiger partial charge is 0.266 e. The molecule has 1 aromatic rings. The highest BCUT2D eigenvalue weighted by Gasteiger charge is 2.16. The number of ketones is 1. The van der Waals surface area contributed by atoms with E-state index >= 15 is 0 Å². The maximum absolute atomic E-state index is 11.4. The monoisotopic (exact) mass is 237 g/mol.